The van der Waals surface area contributed by atoms with Gasteiger partial charge in [-0.3, -0.25) is 38.6 Å². The van der Waals surface area contributed by atoms with E-state index in [-0.39, 0.29) is 46.5 Å². The number of Topliss-reactive ketones (excluding diaryl/α,β-unsaturated/α-hetero) is 4. The number of anilines is 1. The fraction of sp³-hybridized carbons (Fsp3) is 0.422. The van der Waals surface area contributed by atoms with E-state index in [4.69, 9.17) is 11.5 Å². The summed E-state index contributed by atoms with van der Waals surface area (Å²) in [7, 11) is 9.76. The number of likely N-dealkylation sites (N-methyl/N-ethyl adjacent to an activating group) is 2. The van der Waals surface area contributed by atoms with Gasteiger partial charge in [-0.15, -0.1) is 0 Å². The number of aliphatic hydroxyl groups excluding tert-OH is 5. The van der Waals surface area contributed by atoms with Crippen molar-refractivity contribution in [3.63, 3.8) is 0 Å². The Hall–Kier alpha value is -6.62. The van der Waals surface area contributed by atoms with Gasteiger partial charge in [-0.2, -0.15) is 0 Å². The molecule has 6 aliphatic rings. The minimum absolute atomic E-state index is 0. The van der Waals surface area contributed by atoms with E-state index in [1.54, 1.807) is 58.2 Å². The first-order valence-corrected chi connectivity index (χ1v) is 20.5. The van der Waals surface area contributed by atoms with Gasteiger partial charge in [0.15, 0.2) is 22.8 Å². The lowest BCUT2D eigenvalue weighted by Gasteiger charge is -2.53. The van der Waals surface area contributed by atoms with E-state index < -0.39 is 134 Å². The first-order chi connectivity index (χ1) is 30.2. The maximum atomic E-state index is 13.5. The Labute approximate surface area is 376 Å². The molecule has 0 saturated heterocycles. The first kappa shape index (κ1) is 48.8. The van der Waals surface area contributed by atoms with E-state index in [0.717, 1.165) is 5.69 Å². The summed E-state index contributed by atoms with van der Waals surface area (Å²) in [5.41, 5.74) is 4.39. The van der Waals surface area contributed by atoms with Crippen molar-refractivity contribution in [1.82, 2.24) is 9.80 Å². The van der Waals surface area contributed by atoms with Crippen molar-refractivity contribution in [3.8, 4) is 11.5 Å². The van der Waals surface area contributed by atoms with Gasteiger partial charge < -0.3 is 67.8 Å². The lowest BCUT2D eigenvalue weighted by Crippen LogP contribution is -2.68. The van der Waals surface area contributed by atoms with Gasteiger partial charge in [0.1, 0.15) is 45.7 Å². The highest BCUT2D eigenvalue weighted by atomic mass is 16.4. The predicted octanol–water partition coefficient (Wildman–Crippen LogP) is -0.986. The second-order valence-electron chi connectivity index (χ2n) is 18.1. The number of phenolic OH excluding ortho intramolecular Hbond substituents is 2. The van der Waals surface area contributed by atoms with Gasteiger partial charge in [-0.1, -0.05) is 19.1 Å². The number of benzene rings is 2. The smallest absolute Gasteiger partial charge is 0.255 e. The second-order valence-corrected chi connectivity index (χ2v) is 18.1. The van der Waals surface area contributed by atoms with Gasteiger partial charge in [0, 0.05) is 42.8 Å². The maximum Gasteiger partial charge on any atom is 0.255 e. The molecule has 0 unspecified atom stereocenters. The third-order valence-corrected chi connectivity index (χ3v) is 14.1. The molecule has 6 aliphatic carbocycles. The molecule has 2 aromatic rings. The predicted molar refractivity (Wildman–Crippen MR) is 231 cm³/mol. The number of ketones is 4. The molecule has 0 aromatic heterocycles. The number of rotatable bonds is 5. The number of allylic oxidation sites excluding steroid dienone is 1. The highest BCUT2D eigenvalue weighted by molar-refractivity contribution is 6.26. The van der Waals surface area contributed by atoms with Crippen LogP contribution in [-0.4, -0.2) is 168 Å². The number of aliphatic hydroxyl groups is 7. The van der Waals surface area contributed by atoms with Gasteiger partial charge in [-0.05, 0) is 82.2 Å². The molecule has 15 N–H and O–H groups in total. The van der Waals surface area contributed by atoms with E-state index >= 15 is 0 Å². The Morgan fingerprint density at radius 1 is 0.697 bits per heavy atom. The van der Waals surface area contributed by atoms with Crippen molar-refractivity contribution in [2.24, 2.45) is 35.1 Å². The largest absolute Gasteiger partial charge is 0.510 e. The molecule has 2 aromatic carbocycles. The molecule has 21 nitrogen and oxygen atoms in total. The summed E-state index contributed by atoms with van der Waals surface area (Å²) in [5.74, 6) is -15.4. The van der Waals surface area contributed by atoms with Crippen LogP contribution >= 0.6 is 0 Å². The topological polar surface area (TPSA) is 378 Å². The van der Waals surface area contributed by atoms with Crippen molar-refractivity contribution >= 4 is 40.6 Å². The number of hydrogen-bond donors (Lipinski definition) is 11. The lowest BCUT2D eigenvalue weighted by atomic mass is 9.55. The van der Waals surface area contributed by atoms with Crippen molar-refractivity contribution in [2.75, 3.05) is 47.2 Å². The van der Waals surface area contributed by atoms with Crippen molar-refractivity contribution in [2.45, 2.75) is 55.1 Å². The van der Waals surface area contributed by atoms with E-state index in [9.17, 15) is 74.7 Å². The summed E-state index contributed by atoms with van der Waals surface area (Å²) >= 11 is 0. The van der Waals surface area contributed by atoms with Crippen molar-refractivity contribution in [3.05, 3.63) is 97.9 Å². The van der Waals surface area contributed by atoms with E-state index in [0.29, 0.717) is 11.1 Å². The third kappa shape index (κ3) is 6.43. The number of aromatic hydroxyl groups is 2. The third-order valence-electron chi connectivity index (χ3n) is 14.1. The molecule has 21 heteroatoms. The molecule has 8 rings (SSSR count). The average molecular weight is 920 g/mol. The summed E-state index contributed by atoms with van der Waals surface area (Å²) in [6.45, 7) is 1.68. The maximum absolute atomic E-state index is 13.5. The summed E-state index contributed by atoms with van der Waals surface area (Å²) < 4.78 is 0. The fourth-order valence-electron chi connectivity index (χ4n) is 11.2. The number of nitrogens with two attached hydrogens (primary N) is 2. The molecular weight excluding hydrogens is 867 g/mol. The Balaban J connectivity index is 0.000000215. The van der Waals surface area contributed by atoms with Crippen LogP contribution in [0.1, 0.15) is 51.1 Å². The van der Waals surface area contributed by atoms with Crippen LogP contribution in [0.5, 0.6) is 11.5 Å². The summed E-state index contributed by atoms with van der Waals surface area (Å²) in [4.78, 5) is 81.8. The first-order valence-electron chi connectivity index (χ1n) is 20.5. The molecule has 66 heavy (non-hydrogen) atoms. The Morgan fingerprint density at radius 3 is 1.73 bits per heavy atom. The fourth-order valence-corrected chi connectivity index (χ4v) is 11.2. The molecule has 0 spiro atoms. The monoisotopic (exact) mass is 919 g/mol. The molecule has 354 valence electrons. The number of carbonyl (C=O) groups is 6. The molecule has 0 heterocycles. The number of phenols is 2. The lowest BCUT2D eigenvalue weighted by molar-refractivity contribution is -0.162. The number of carbonyl (C=O) groups excluding carboxylic acids is 6. The molecule has 0 radical (unpaired) electrons. The standard InChI is InChI=1S/C23H27N3O7.C22H24N2O8.H2O/c1-25(2)12-5-6-13(27)15-10(12)7-9-8-11-17(26(3)4)19(29)16(22(24)32)21(31)23(11,33)20(30)14(9)18(15)28;1-7-8-5-4-6-9(25)11(8)16(26)12-10(7)17(27)14-15(24(2)3)18(28)13(21(23)31)20(30)22(14,32)19(12)29;/h5-6,9,11,17,27,29-30,33H,7-8H2,1-4H3,(H2,24,32);4-7,10,14-15,17,25,27-29,32H,1-3H3,(H2,23,31);1H2/t9-,11-,17-,23-;7-,10+,14+,15-,17-,22-;/m00./s1. The van der Waals surface area contributed by atoms with Gasteiger partial charge in [0.05, 0.1) is 35.2 Å². The number of hydrogen-bond acceptors (Lipinski definition) is 18. The summed E-state index contributed by atoms with van der Waals surface area (Å²) in [6.07, 6.45) is -1.27. The molecule has 0 saturated carbocycles. The van der Waals surface area contributed by atoms with Crippen LogP contribution in [0.4, 0.5) is 5.69 Å². The van der Waals surface area contributed by atoms with Crippen molar-refractivity contribution < 1.29 is 80.2 Å². The van der Waals surface area contributed by atoms with Crippen LogP contribution in [0.25, 0.3) is 0 Å². The van der Waals surface area contributed by atoms with E-state index in [1.807, 2.05) is 0 Å². The SMILES string of the molecule is CN(C)c1ccc(O)c2c1C[C@H]1C[C@H]3[C@H](N(C)C)C(O)=C(C(N)=O)C(=O)[C@@]3(O)C(O)=C1C2=O.C[C@H]1c2cccc(O)c2C(=O)C2=C(O)[C@]3(O)C(=O)C(C(N)=O)=C(O)[C@@H](N(C)C)[C@@H]3[C@@H](O)[C@@H]21.O. The summed E-state index contributed by atoms with van der Waals surface area (Å²) in [5, 5.41) is 99.0. The number of amides is 2. The van der Waals surface area contributed by atoms with Crippen LogP contribution in [0.3, 0.4) is 0 Å². The number of primary amides is 2. The highest BCUT2D eigenvalue weighted by Gasteiger charge is 2.68. The van der Waals surface area contributed by atoms with Gasteiger partial charge in [0.25, 0.3) is 11.8 Å². The molecule has 0 bridgehead atoms. The Morgan fingerprint density at radius 2 is 1.20 bits per heavy atom. The van der Waals surface area contributed by atoms with Crippen LogP contribution in [0.2, 0.25) is 0 Å². The van der Waals surface area contributed by atoms with Crippen LogP contribution in [0, 0.1) is 23.7 Å². The molecule has 10 atom stereocenters. The zero-order valence-corrected chi connectivity index (χ0v) is 36.9. The Kier molecular flexibility index (Phi) is 12.1. The van der Waals surface area contributed by atoms with Crippen LogP contribution < -0.4 is 16.4 Å². The Bertz CT molecular complexity index is 2660. The van der Waals surface area contributed by atoms with Gasteiger partial charge in [0.2, 0.25) is 11.6 Å². The van der Waals surface area contributed by atoms with Gasteiger partial charge >= 0.3 is 0 Å². The second kappa shape index (κ2) is 16.4. The van der Waals surface area contributed by atoms with E-state index in [1.165, 1.54) is 36.0 Å². The van der Waals surface area contributed by atoms with Crippen LogP contribution in [-0.2, 0) is 25.6 Å². The number of fused-ring (bicyclic) bond motifs is 6. The minimum Gasteiger partial charge on any atom is -0.510 e. The zero-order chi connectivity index (χ0) is 48.4. The molecule has 0 fully saturated rings. The highest BCUT2D eigenvalue weighted by Crippen LogP contribution is 2.56. The van der Waals surface area contributed by atoms with Gasteiger partial charge in [-0.25, -0.2) is 0 Å². The summed E-state index contributed by atoms with van der Waals surface area (Å²) in [6, 6.07) is 5.23. The zero-order valence-electron chi connectivity index (χ0n) is 36.9. The van der Waals surface area contributed by atoms with Crippen molar-refractivity contribution in [1.29, 1.82) is 0 Å². The quantitative estimate of drug-likeness (QED) is 0.160. The normalized spacial score (nSPS) is 31.2. The van der Waals surface area contributed by atoms with E-state index in [2.05, 4.69) is 0 Å². The molecular formula is C45H53N5O16. The molecule has 2 amide bonds. The minimum atomic E-state index is -2.89. The number of nitrogens with zero attached hydrogens (tertiary/aromatic N) is 3. The average Bonchev–Trinajstić information content (AvgIpc) is 3.20. The molecule has 0 aliphatic heterocycles. The van der Waals surface area contributed by atoms with Crippen LogP contribution in [0.15, 0.2) is 75.7 Å².